The van der Waals surface area contributed by atoms with Gasteiger partial charge in [0.1, 0.15) is 0 Å². The fourth-order valence-electron chi connectivity index (χ4n) is 0.734. The van der Waals surface area contributed by atoms with Gasteiger partial charge in [0.2, 0.25) is 0 Å². The maximum absolute atomic E-state index is 3.46. The molecule has 0 aliphatic rings. The zero-order valence-corrected chi connectivity index (χ0v) is 8.74. The Balaban J connectivity index is 3.28. The van der Waals surface area contributed by atoms with E-state index in [1.165, 1.54) is 18.4 Å². The predicted octanol–water partition coefficient (Wildman–Crippen LogP) is 3.76. The Kier molecular flexibility index (Phi) is 6.10. The van der Waals surface area contributed by atoms with Crippen molar-refractivity contribution in [3.8, 4) is 0 Å². The highest BCUT2D eigenvalue weighted by Gasteiger charge is 1.95. The Morgan fingerprint density at radius 3 is 2.50 bits per heavy atom. The van der Waals surface area contributed by atoms with E-state index in [-0.39, 0.29) is 0 Å². The summed E-state index contributed by atoms with van der Waals surface area (Å²) in [5, 5.41) is 1.13. The van der Waals surface area contributed by atoms with Gasteiger partial charge in [-0.15, -0.1) is 0 Å². The molecule has 1 unspecified atom stereocenters. The van der Waals surface area contributed by atoms with Gasteiger partial charge in [-0.3, -0.25) is 0 Å². The van der Waals surface area contributed by atoms with Crippen LogP contribution in [0.25, 0.3) is 0 Å². The summed E-state index contributed by atoms with van der Waals surface area (Å²) < 4.78 is 0. The molecule has 0 saturated heterocycles. The fourth-order valence-corrected chi connectivity index (χ4v) is 1.06. The Morgan fingerprint density at radius 1 is 1.50 bits per heavy atom. The molecule has 0 aliphatic carbocycles. The first-order valence-corrected chi connectivity index (χ1v) is 4.98. The summed E-state index contributed by atoms with van der Waals surface area (Å²) >= 11 is 3.46. The van der Waals surface area contributed by atoms with Crippen LogP contribution in [-0.4, -0.2) is 5.33 Å². The standard InChI is InChI=1S/C9H17Br/c1-8(2)5-4-6-9(3)7-10/h5,9H,4,6-7H2,1-3H3. The van der Waals surface area contributed by atoms with Crippen LogP contribution in [0.3, 0.4) is 0 Å². The maximum atomic E-state index is 3.46. The third kappa shape index (κ3) is 6.34. The lowest BCUT2D eigenvalue weighted by molar-refractivity contribution is 0.607. The van der Waals surface area contributed by atoms with Crippen molar-refractivity contribution in [2.24, 2.45) is 5.92 Å². The van der Waals surface area contributed by atoms with Crippen LogP contribution in [0, 0.1) is 5.92 Å². The molecule has 0 N–H and O–H groups in total. The number of allylic oxidation sites excluding steroid dienone is 2. The Morgan fingerprint density at radius 2 is 2.10 bits per heavy atom. The third-order valence-electron chi connectivity index (χ3n) is 1.48. The normalized spacial score (nSPS) is 12.8. The topological polar surface area (TPSA) is 0 Å². The minimum Gasteiger partial charge on any atom is -0.0925 e. The first kappa shape index (κ1) is 10.2. The summed E-state index contributed by atoms with van der Waals surface area (Å²) in [6.07, 6.45) is 4.84. The van der Waals surface area contributed by atoms with Gasteiger partial charge in [-0.1, -0.05) is 34.5 Å². The molecular weight excluding hydrogens is 188 g/mol. The molecule has 0 aromatic rings. The summed E-state index contributed by atoms with van der Waals surface area (Å²) in [6.45, 7) is 6.57. The molecule has 0 aromatic heterocycles. The highest BCUT2D eigenvalue weighted by Crippen LogP contribution is 2.09. The predicted molar refractivity (Wildman–Crippen MR) is 51.6 cm³/mol. The fraction of sp³-hybridized carbons (Fsp3) is 0.778. The van der Waals surface area contributed by atoms with E-state index in [0.717, 1.165) is 11.2 Å². The summed E-state index contributed by atoms with van der Waals surface area (Å²) in [4.78, 5) is 0. The molecule has 0 fully saturated rings. The van der Waals surface area contributed by atoms with Crippen LogP contribution < -0.4 is 0 Å². The Labute approximate surface area is 72.8 Å². The van der Waals surface area contributed by atoms with E-state index in [2.05, 4.69) is 42.8 Å². The lowest BCUT2D eigenvalue weighted by Gasteiger charge is -2.03. The van der Waals surface area contributed by atoms with Gasteiger partial charge < -0.3 is 0 Å². The molecule has 1 atom stereocenters. The molecular formula is C9H17Br. The summed E-state index contributed by atoms with van der Waals surface area (Å²) in [6, 6.07) is 0. The van der Waals surface area contributed by atoms with Crippen LogP contribution >= 0.6 is 15.9 Å². The van der Waals surface area contributed by atoms with Crippen molar-refractivity contribution in [2.45, 2.75) is 33.6 Å². The van der Waals surface area contributed by atoms with E-state index in [1.807, 2.05) is 0 Å². The molecule has 0 heterocycles. The van der Waals surface area contributed by atoms with Crippen molar-refractivity contribution in [1.29, 1.82) is 0 Å². The third-order valence-corrected chi connectivity index (χ3v) is 2.58. The van der Waals surface area contributed by atoms with Gasteiger partial charge >= 0.3 is 0 Å². The average Bonchev–Trinajstić information content (AvgIpc) is 1.87. The second-order valence-corrected chi connectivity index (χ2v) is 3.77. The zero-order valence-electron chi connectivity index (χ0n) is 7.15. The van der Waals surface area contributed by atoms with Crippen molar-refractivity contribution >= 4 is 15.9 Å². The molecule has 10 heavy (non-hydrogen) atoms. The van der Waals surface area contributed by atoms with Gasteiger partial charge in [0.15, 0.2) is 0 Å². The quantitative estimate of drug-likeness (QED) is 0.484. The van der Waals surface area contributed by atoms with Gasteiger partial charge in [0.25, 0.3) is 0 Å². The number of alkyl halides is 1. The molecule has 0 rings (SSSR count). The lowest BCUT2D eigenvalue weighted by Crippen LogP contribution is -1.93. The first-order chi connectivity index (χ1) is 4.66. The van der Waals surface area contributed by atoms with Crippen LogP contribution in [-0.2, 0) is 0 Å². The van der Waals surface area contributed by atoms with Crippen molar-refractivity contribution in [3.05, 3.63) is 11.6 Å². The molecule has 0 saturated carbocycles. The minimum absolute atomic E-state index is 0.815. The van der Waals surface area contributed by atoms with E-state index in [4.69, 9.17) is 0 Å². The Bertz CT molecular complexity index is 101. The van der Waals surface area contributed by atoms with Crippen molar-refractivity contribution in [3.63, 3.8) is 0 Å². The molecule has 60 valence electrons. The van der Waals surface area contributed by atoms with Gasteiger partial charge in [-0.2, -0.15) is 0 Å². The Hall–Kier alpha value is 0.220. The number of halogens is 1. The lowest BCUT2D eigenvalue weighted by atomic mass is 10.1. The van der Waals surface area contributed by atoms with Crippen molar-refractivity contribution < 1.29 is 0 Å². The van der Waals surface area contributed by atoms with Crippen LogP contribution in [0.1, 0.15) is 33.6 Å². The van der Waals surface area contributed by atoms with Crippen molar-refractivity contribution in [2.75, 3.05) is 5.33 Å². The maximum Gasteiger partial charge on any atom is 0.00571 e. The largest absolute Gasteiger partial charge is 0.0925 e. The van der Waals surface area contributed by atoms with E-state index < -0.39 is 0 Å². The van der Waals surface area contributed by atoms with E-state index in [9.17, 15) is 0 Å². The van der Waals surface area contributed by atoms with Crippen LogP contribution in [0.5, 0.6) is 0 Å². The number of rotatable bonds is 4. The summed E-state index contributed by atoms with van der Waals surface area (Å²) in [5.74, 6) is 0.815. The molecule has 0 nitrogen and oxygen atoms in total. The smallest absolute Gasteiger partial charge is 0.00571 e. The molecule has 0 aromatic carbocycles. The van der Waals surface area contributed by atoms with E-state index in [1.54, 1.807) is 0 Å². The van der Waals surface area contributed by atoms with Crippen molar-refractivity contribution in [1.82, 2.24) is 0 Å². The van der Waals surface area contributed by atoms with E-state index in [0.29, 0.717) is 0 Å². The minimum atomic E-state index is 0.815. The SMILES string of the molecule is CC(C)=CCCC(C)CBr. The molecule has 0 spiro atoms. The monoisotopic (exact) mass is 204 g/mol. The number of hydrogen-bond acceptors (Lipinski definition) is 0. The van der Waals surface area contributed by atoms with Crippen LogP contribution in [0.4, 0.5) is 0 Å². The van der Waals surface area contributed by atoms with E-state index >= 15 is 0 Å². The van der Waals surface area contributed by atoms with Crippen LogP contribution in [0.2, 0.25) is 0 Å². The molecule has 0 amide bonds. The van der Waals surface area contributed by atoms with Crippen LogP contribution in [0.15, 0.2) is 11.6 Å². The summed E-state index contributed by atoms with van der Waals surface area (Å²) in [7, 11) is 0. The highest BCUT2D eigenvalue weighted by molar-refractivity contribution is 9.09. The highest BCUT2D eigenvalue weighted by atomic mass is 79.9. The summed E-state index contributed by atoms with van der Waals surface area (Å²) in [5.41, 5.74) is 1.43. The molecule has 0 aliphatic heterocycles. The average molecular weight is 205 g/mol. The molecule has 0 bridgehead atoms. The second-order valence-electron chi connectivity index (χ2n) is 3.12. The zero-order chi connectivity index (χ0) is 7.98. The van der Waals surface area contributed by atoms with Gasteiger partial charge in [-0.25, -0.2) is 0 Å². The second kappa shape index (κ2) is 5.96. The first-order valence-electron chi connectivity index (χ1n) is 3.86. The van der Waals surface area contributed by atoms with Gasteiger partial charge in [0, 0.05) is 5.33 Å². The molecule has 1 heteroatoms. The van der Waals surface area contributed by atoms with Gasteiger partial charge in [-0.05, 0) is 32.6 Å². The molecule has 0 radical (unpaired) electrons. The van der Waals surface area contributed by atoms with Gasteiger partial charge in [0.05, 0.1) is 0 Å². The number of hydrogen-bond donors (Lipinski definition) is 0.